The molecule has 2 N–H and O–H groups in total. The normalized spacial score (nSPS) is 24.2. The Morgan fingerprint density at radius 1 is 1.31 bits per heavy atom. The number of alkyl halides is 2. The van der Waals surface area contributed by atoms with E-state index in [0.717, 1.165) is 12.0 Å². The Labute approximate surface area is 198 Å². The number of aromatic nitrogens is 1. The zero-order valence-electron chi connectivity index (χ0n) is 19.1. The summed E-state index contributed by atoms with van der Waals surface area (Å²) >= 11 is 0. The van der Waals surface area contributed by atoms with Crippen LogP contribution in [0.1, 0.15) is 30.4 Å². The number of amidine groups is 1. The maximum atomic E-state index is 14.2. The number of benzene rings is 1. The molecule has 0 saturated carbocycles. The second-order valence-corrected chi connectivity index (χ2v) is 8.65. The number of aliphatic imine (C=N–C) groups is 1. The number of methoxy groups -OCH3 is 1. The van der Waals surface area contributed by atoms with Gasteiger partial charge in [0.2, 0.25) is 0 Å². The third kappa shape index (κ3) is 4.65. The van der Waals surface area contributed by atoms with Crippen LogP contribution in [0.5, 0.6) is 0 Å². The van der Waals surface area contributed by atoms with E-state index in [1.807, 2.05) is 0 Å². The molecule has 2 aromatic rings. The molecule has 2 unspecified atom stereocenters. The number of aryl methyl sites for hydroxylation is 1. The highest BCUT2D eigenvalue weighted by molar-refractivity contribution is 6.03. The number of carbonyl (C=O) groups excluding carboxylic acids is 1. The van der Waals surface area contributed by atoms with Crippen LogP contribution in [0.2, 0.25) is 0 Å². The molecule has 0 spiro atoms. The minimum atomic E-state index is -3.22. The number of halogens is 3. The van der Waals surface area contributed by atoms with Crippen molar-refractivity contribution in [1.29, 1.82) is 0 Å². The van der Waals surface area contributed by atoms with Gasteiger partial charge in [0, 0.05) is 24.7 Å². The maximum absolute atomic E-state index is 14.2. The lowest BCUT2D eigenvalue weighted by atomic mass is 9.82. The number of hydrogen-bond donors (Lipinski definition) is 2. The van der Waals surface area contributed by atoms with Gasteiger partial charge in [0.05, 0.1) is 19.2 Å². The van der Waals surface area contributed by atoms with Crippen LogP contribution in [0.25, 0.3) is 0 Å². The molecule has 35 heavy (non-hydrogen) atoms. The van der Waals surface area contributed by atoms with Crippen LogP contribution < -0.4 is 5.32 Å². The van der Waals surface area contributed by atoms with E-state index < -0.39 is 48.2 Å². The summed E-state index contributed by atoms with van der Waals surface area (Å²) in [6, 6.07) is 5.41. The van der Waals surface area contributed by atoms with Crippen molar-refractivity contribution in [2.24, 2.45) is 4.99 Å². The second kappa shape index (κ2) is 8.84. The Kier molecular flexibility index (Phi) is 6.18. The molecule has 4 rings (SSSR count). The number of ether oxygens (including phenoxy) is 1. The first kappa shape index (κ1) is 24.5. The van der Waals surface area contributed by atoms with Crippen molar-refractivity contribution < 1.29 is 37.1 Å². The fourth-order valence-corrected chi connectivity index (χ4v) is 4.43. The molecular formula is C23H23F3N4O5. The highest BCUT2D eigenvalue weighted by Gasteiger charge is 2.50. The summed E-state index contributed by atoms with van der Waals surface area (Å²) in [5, 5.41) is 16.4. The molecule has 3 heterocycles. The Hall–Kier alpha value is -3.67. The van der Waals surface area contributed by atoms with Crippen molar-refractivity contribution >= 4 is 17.8 Å². The summed E-state index contributed by atoms with van der Waals surface area (Å²) in [7, 11) is 1.16. The lowest BCUT2D eigenvalue weighted by Crippen LogP contribution is -2.47. The lowest BCUT2D eigenvalue weighted by molar-refractivity contribution is -0.142. The summed E-state index contributed by atoms with van der Waals surface area (Å²) in [5.41, 5.74) is -0.686. The van der Waals surface area contributed by atoms with Gasteiger partial charge in [0.1, 0.15) is 28.9 Å². The first-order valence-corrected chi connectivity index (χ1v) is 10.7. The number of aliphatic carboxylic acids is 1. The van der Waals surface area contributed by atoms with Crippen molar-refractivity contribution in [1.82, 2.24) is 15.4 Å². The van der Waals surface area contributed by atoms with Crippen molar-refractivity contribution in [3.05, 3.63) is 64.4 Å². The zero-order chi connectivity index (χ0) is 25.5. The number of carbonyl (C=O) groups is 2. The molecule has 2 atom stereocenters. The SMILES string of the molecule is COC(=O)C1=C(CN2CC(F)(F)CC2C(=O)O)NC(c2cc(C)on2)=NC1(C)c1ccc(F)cc1. The number of likely N-dealkylation sites (tertiary alicyclic amines) is 1. The van der Waals surface area contributed by atoms with E-state index >= 15 is 0 Å². The number of carboxylic acids is 1. The Morgan fingerprint density at radius 3 is 2.57 bits per heavy atom. The molecule has 1 aromatic heterocycles. The summed E-state index contributed by atoms with van der Waals surface area (Å²) in [6.45, 7) is 2.10. The van der Waals surface area contributed by atoms with Crippen LogP contribution in [0.15, 0.2) is 51.1 Å². The molecule has 2 aliphatic rings. The monoisotopic (exact) mass is 492 g/mol. The van der Waals surface area contributed by atoms with Gasteiger partial charge in [-0.15, -0.1) is 0 Å². The molecule has 1 fully saturated rings. The third-order valence-corrected chi connectivity index (χ3v) is 6.07. The molecule has 0 aliphatic carbocycles. The number of carboxylic acid groups (broad SMARTS) is 1. The van der Waals surface area contributed by atoms with E-state index in [2.05, 4.69) is 15.5 Å². The molecule has 0 amide bonds. The van der Waals surface area contributed by atoms with Gasteiger partial charge in [-0.25, -0.2) is 23.0 Å². The Morgan fingerprint density at radius 2 is 2.00 bits per heavy atom. The number of esters is 1. The maximum Gasteiger partial charge on any atom is 0.338 e. The topological polar surface area (TPSA) is 117 Å². The molecule has 2 aliphatic heterocycles. The zero-order valence-corrected chi connectivity index (χ0v) is 19.1. The van der Waals surface area contributed by atoms with Gasteiger partial charge in [-0.2, -0.15) is 0 Å². The van der Waals surface area contributed by atoms with E-state index in [0.29, 0.717) is 11.3 Å². The number of hydrogen-bond acceptors (Lipinski definition) is 8. The lowest BCUT2D eigenvalue weighted by Gasteiger charge is -2.36. The number of nitrogens with one attached hydrogen (secondary N) is 1. The average Bonchev–Trinajstić information content (AvgIpc) is 3.35. The van der Waals surface area contributed by atoms with Crippen molar-refractivity contribution in [2.75, 3.05) is 20.2 Å². The van der Waals surface area contributed by atoms with E-state index in [1.165, 1.54) is 24.3 Å². The van der Waals surface area contributed by atoms with Crippen molar-refractivity contribution in [3.63, 3.8) is 0 Å². The largest absolute Gasteiger partial charge is 0.480 e. The molecule has 1 saturated heterocycles. The smallest absolute Gasteiger partial charge is 0.338 e. The van der Waals surface area contributed by atoms with E-state index in [-0.39, 0.29) is 29.3 Å². The van der Waals surface area contributed by atoms with Gasteiger partial charge in [-0.1, -0.05) is 17.3 Å². The predicted molar refractivity (Wildman–Crippen MR) is 116 cm³/mol. The first-order chi connectivity index (χ1) is 16.4. The minimum Gasteiger partial charge on any atom is -0.480 e. The molecule has 0 bridgehead atoms. The number of nitrogens with zero attached hydrogens (tertiary/aromatic N) is 3. The van der Waals surface area contributed by atoms with Gasteiger partial charge >= 0.3 is 11.9 Å². The molecule has 1 aromatic carbocycles. The first-order valence-electron chi connectivity index (χ1n) is 10.7. The quantitative estimate of drug-likeness (QED) is 0.591. The summed E-state index contributed by atoms with van der Waals surface area (Å²) in [4.78, 5) is 30.5. The fourth-order valence-electron chi connectivity index (χ4n) is 4.43. The van der Waals surface area contributed by atoms with Crippen LogP contribution in [0.3, 0.4) is 0 Å². The second-order valence-electron chi connectivity index (χ2n) is 8.65. The fraction of sp³-hybridized carbons (Fsp3) is 0.391. The van der Waals surface area contributed by atoms with Crippen molar-refractivity contribution in [2.45, 2.75) is 37.8 Å². The molecular weight excluding hydrogens is 469 g/mol. The standard InChI is InChI=1S/C23H23F3N4O5/c1-12-8-15(29-35-12)19-27-16(10-30-11-23(25,26)9-17(30)20(31)32)18(21(33)34-3)22(2,28-19)13-4-6-14(24)7-5-13/h4-8,17H,9-11H2,1-3H3,(H,27,28)(H,31,32). The molecule has 0 radical (unpaired) electrons. The van der Waals surface area contributed by atoms with Crippen LogP contribution in [0.4, 0.5) is 13.2 Å². The Balaban J connectivity index is 1.87. The van der Waals surface area contributed by atoms with Crippen LogP contribution >= 0.6 is 0 Å². The van der Waals surface area contributed by atoms with Crippen LogP contribution in [-0.4, -0.2) is 65.1 Å². The molecule has 9 nitrogen and oxygen atoms in total. The van der Waals surface area contributed by atoms with Gasteiger partial charge in [0.15, 0.2) is 5.84 Å². The van der Waals surface area contributed by atoms with Gasteiger partial charge in [-0.3, -0.25) is 9.69 Å². The summed E-state index contributed by atoms with van der Waals surface area (Å²) in [6.07, 6.45) is -0.859. The predicted octanol–water partition coefficient (Wildman–Crippen LogP) is 2.61. The third-order valence-electron chi connectivity index (χ3n) is 6.07. The van der Waals surface area contributed by atoms with Crippen LogP contribution in [-0.2, 0) is 19.9 Å². The summed E-state index contributed by atoms with van der Waals surface area (Å²) in [5.74, 6) is -5.30. The van der Waals surface area contributed by atoms with E-state index in [4.69, 9.17) is 9.26 Å². The van der Waals surface area contributed by atoms with E-state index in [9.17, 15) is 27.9 Å². The Bertz CT molecular complexity index is 1220. The highest BCUT2D eigenvalue weighted by atomic mass is 19.3. The van der Waals surface area contributed by atoms with Crippen LogP contribution in [0, 0.1) is 12.7 Å². The van der Waals surface area contributed by atoms with Gasteiger partial charge in [0.25, 0.3) is 5.92 Å². The highest BCUT2D eigenvalue weighted by Crippen LogP contribution is 2.40. The molecule has 12 heteroatoms. The summed E-state index contributed by atoms with van der Waals surface area (Å²) < 4.78 is 52.1. The van der Waals surface area contributed by atoms with Gasteiger partial charge in [-0.05, 0) is 31.5 Å². The van der Waals surface area contributed by atoms with Crippen molar-refractivity contribution in [3.8, 4) is 0 Å². The minimum absolute atomic E-state index is 0.0325. The van der Waals surface area contributed by atoms with E-state index in [1.54, 1.807) is 19.9 Å². The average molecular weight is 492 g/mol. The number of rotatable bonds is 6. The van der Waals surface area contributed by atoms with Gasteiger partial charge < -0.3 is 19.7 Å². The molecule has 186 valence electrons.